The predicted octanol–water partition coefficient (Wildman–Crippen LogP) is 3.68. The van der Waals surface area contributed by atoms with Gasteiger partial charge in [0.2, 0.25) is 0 Å². The van der Waals surface area contributed by atoms with Crippen LogP contribution in [0, 0.1) is 0 Å². The summed E-state index contributed by atoms with van der Waals surface area (Å²) in [5.74, 6) is -0.0699. The Morgan fingerprint density at radius 3 is 2.09 bits per heavy atom. The van der Waals surface area contributed by atoms with Gasteiger partial charge in [0.25, 0.3) is 0 Å². The summed E-state index contributed by atoms with van der Waals surface area (Å²) in [5.41, 5.74) is 5.33. The molecule has 0 aromatic heterocycles. The van der Waals surface area contributed by atoms with E-state index in [1.807, 2.05) is 25.1 Å². The van der Waals surface area contributed by atoms with E-state index in [9.17, 15) is 9.59 Å². The van der Waals surface area contributed by atoms with Crippen LogP contribution < -0.4 is 5.43 Å². The molecule has 0 aliphatic carbocycles. The third-order valence-electron chi connectivity index (χ3n) is 3.24. The van der Waals surface area contributed by atoms with E-state index in [-0.39, 0.29) is 11.6 Å². The van der Waals surface area contributed by atoms with E-state index in [1.165, 1.54) is 6.92 Å². The molecule has 0 saturated heterocycles. The van der Waals surface area contributed by atoms with Crippen LogP contribution in [-0.2, 0) is 4.79 Å². The van der Waals surface area contributed by atoms with Gasteiger partial charge in [-0.2, -0.15) is 5.10 Å². The smallest absolute Gasteiger partial charge is 0.193 e. The fraction of sp³-hybridized carbons (Fsp3) is 0.167. The highest BCUT2D eigenvalue weighted by Gasteiger charge is 2.08. The molecule has 4 nitrogen and oxygen atoms in total. The minimum absolute atomic E-state index is 0.0198. The Morgan fingerprint density at radius 1 is 0.955 bits per heavy atom. The summed E-state index contributed by atoms with van der Waals surface area (Å²) in [4.78, 5) is 23.5. The van der Waals surface area contributed by atoms with Gasteiger partial charge in [-0.3, -0.25) is 15.0 Å². The van der Waals surface area contributed by atoms with Crippen LogP contribution in [0.2, 0.25) is 0 Å². The van der Waals surface area contributed by atoms with E-state index in [0.29, 0.717) is 23.3 Å². The van der Waals surface area contributed by atoms with Crippen molar-refractivity contribution in [3.8, 4) is 0 Å². The fourth-order valence-corrected chi connectivity index (χ4v) is 1.99. The van der Waals surface area contributed by atoms with Gasteiger partial charge in [-0.1, -0.05) is 37.3 Å². The lowest BCUT2D eigenvalue weighted by Gasteiger charge is -2.05. The average molecular weight is 294 g/mol. The van der Waals surface area contributed by atoms with Crippen LogP contribution >= 0.6 is 0 Å². The number of hydrogen-bond donors (Lipinski definition) is 1. The minimum Gasteiger partial charge on any atom is -0.293 e. The number of hydrazone groups is 1. The van der Waals surface area contributed by atoms with Crippen molar-refractivity contribution in [1.82, 2.24) is 0 Å². The molecule has 0 aliphatic heterocycles. The number of anilines is 1. The second-order valence-corrected chi connectivity index (χ2v) is 4.85. The van der Waals surface area contributed by atoms with Crippen molar-refractivity contribution in [1.29, 1.82) is 0 Å². The summed E-state index contributed by atoms with van der Waals surface area (Å²) in [6.45, 7) is 3.37. The first-order chi connectivity index (χ1) is 10.6. The van der Waals surface area contributed by atoms with Crippen LogP contribution in [0.3, 0.4) is 0 Å². The van der Waals surface area contributed by atoms with E-state index in [4.69, 9.17) is 0 Å². The number of rotatable bonds is 6. The number of nitrogens with zero attached hydrogens (tertiary/aromatic N) is 1. The van der Waals surface area contributed by atoms with Crippen molar-refractivity contribution in [2.24, 2.45) is 5.10 Å². The van der Waals surface area contributed by atoms with Crippen LogP contribution in [0.5, 0.6) is 0 Å². The van der Waals surface area contributed by atoms with Gasteiger partial charge < -0.3 is 0 Å². The van der Waals surface area contributed by atoms with Gasteiger partial charge in [0.15, 0.2) is 11.6 Å². The third kappa shape index (κ3) is 3.88. The van der Waals surface area contributed by atoms with Crippen molar-refractivity contribution in [3.05, 3.63) is 65.7 Å². The first-order valence-electron chi connectivity index (χ1n) is 7.15. The molecule has 2 aromatic carbocycles. The summed E-state index contributed by atoms with van der Waals surface area (Å²) in [7, 11) is 0. The molecule has 4 heteroatoms. The van der Waals surface area contributed by atoms with Gasteiger partial charge in [-0.15, -0.1) is 0 Å². The van der Waals surface area contributed by atoms with Gasteiger partial charge in [-0.05, 0) is 30.7 Å². The maximum absolute atomic E-state index is 12.3. The molecule has 0 atom stereocenters. The van der Waals surface area contributed by atoms with Gasteiger partial charge in [-0.25, -0.2) is 0 Å². The summed E-state index contributed by atoms with van der Waals surface area (Å²) < 4.78 is 0. The zero-order chi connectivity index (χ0) is 15.9. The molecule has 2 aromatic rings. The lowest BCUT2D eigenvalue weighted by Crippen LogP contribution is -2.10. The molecule has 2 rings (SSSR count). The van der Waals surface area contributed by atoms with E-state index >= 15 is 0 Å². The quantitative estimate of drug-likeness (QED) is 0.502. The Labute approximate surface area is 129 Å². The Kier molecular flexibility index (Phi) is 5.20. The first-order valence-corrected chi connectivity index (χ1v) is 7.15. The Hall–Kier alpha value is -2.75. The van der Waals surface area contributed by atoms with Gasteiger partial charge in [0, 0.05) is 18.1 Å². The monoisotopic (exact) mass is 294 g/mol. The predicted molar refractivity (Wildman–Crippen MR) is 88.3 cm³/mol. The van der Waals surface area contributed by atoms with Crippen LogP contribution in [0.25, 0.3) is 0 Å². The van der Waals surface area contributed by atoms with Crippen LogP contribution in [0.1, 0.15) is 36.2 Å². The number of Topliss-reactive ketones (excluding diaryl/α,β-unsaturated/α-hetero) is 1. The van der Waals surface area contributed by atoms with Crippen molar-refractivity contribution in [3.63, 3.8) is 0 Å². The van der Waals surface area contributed by atoms with Gasteiger partial charge >= 0.3 is 0 Å². The van der Waals surface area contributed by atoms with Crippen LogP contribution in [0.4, 0.5) is 5.69 Å². The van der Waals surface area contributed by atoms with Crippen molar-refractivity contribution in [2.75, 3.05) is 5.43 Å². The molecule has 1 N–H and O–H groups in total. The van der Waals surface area contributed by atoms with Crippen molar-refractivity contribution in [2.45, 2.75) is 20.3 Å². The summed E-state index contributed by atoms with van der Waals surface area (Å²) >= 11 is 0. The number of hydrogen-bond acceptors (Lipinski definition) is 4. The average Bonchev–Trinajstić information content (AvgIpc) is 2.56. The molecule has 0 amide bonds. The molecular weight excluding hydrogens is 276 g/mol. The molecule has 0 heterocycles. The molecule has 0 fully saturated rings. The number of carbonyl (C=O) groups excluding carboxylic acids is 2. The lowest BCUT2D eigenvalue weighted by molar-refractivity contribution is -0.111. The fourth-order valence-electron chi connectivity index (χ4n) is 1.99. The van der Waals surface area contributed by atoms with Crippen molar-refractivity contribution < 1.29 is 9.59 Å². The molecule has 0 bridgehead atoms. The Balaban J connectivity index is 2.11. The highest BCUT2D eigenvalue weighted by molar-refractivity contribution is 6.38. The number of benzene rings is 2. The maximum atomic E-state index is 12.3. The normalized spacial score (nSPS) is 11.1. The van der Waals surface area contributed by atoms with Crippen molar-refractivity contribution >= 4 is 23.0 Å². The molecule has 0 saturated carbocycles. The maximum Gasteiger partial charge on any atom is 0.193 e. The second kappa shape index (κ2) is 7.31. The number of carbonyl (C=O) groups is 2. The topological polar surface area (TPSA) is 58.5 Å². The van der Waals surface area contributed by atoms with Crippen LogP contribution in [0.15, 0.2) is 59.7 Å². The zero-order valence-electron chi connectivity index (χ0n) is 12.7. The number of nitrogens with one attached hydrogen (secondary N) is 1. The van der Waals surface area contributed by atoms with E-state index < -0.39 is 0 Å². The van der Waals surface area contributed by atoms with Crippen LogP contribution in [-0.4, -0.2) is 17.3 Å². The first kappa shape index (κ1) is 15.6. The Bertz CT molecular complexity index is 689. The lowest BCUT2D eigenvalue weighted by atomic mass is 10.0. The molecule has 22 heavy (non-hydrogen) atoms. The van der Waals surface area contributed by atoms with Gasteiger partial charge in [0.05, 0.1) is 5.69 Å². The molecule has 0 unspecified atom stereocenters. The van der Waals surface area contributed by atoms with E-state index in [2.05, 4.69) is 10.5 Å². The highest BCUT2D eigenvalue weighted by atomic mass is 16.1. The molecule has 0 radical (unpaired) electrons. The molecule has 0 spiro atoms. The van der Waals surface area contributed by atoms with E-state index in [0.717, 1.165) is 5.69 Å². The Morgan fingerprint density at radius 2 is 1.55 bits per heavy atom. The molecular formula is C18H18N2O2. The minimum atomic E-state index is -0.0501. The summed E-state index contributed by atoms with van der Waals surface area (Å²) in [5, 5.41) is 4.08. The standard InChI is InChI=1S/C18H18N2O2/c1-3-17(13(2)21)20-19-16-11-9-15(10-12-16)18(22)14-7-5-4-6-8-14/h4-12,19H,3H2,1-2H3. The largest absolute Gasteiger partial charge is 0.293 e. The van der Waals surface area contributed by atoms with Gasteiger partial charge in [0.1, 0.15) is 5.71 Å². The summed E-state index contributed by atoms with van der Waals surface area (Å²) in [6, 6.07) is 16.2. The third-order valence-corrected chi connectivity index (χ3v) is 3.24. The second-order valence-electron chi connectivity index (χ2n) is 4.85. The zero-order valence-corrected chi connectivity index (χ0v) is 12.7. The highest BCUT2D eigenvalue weighted by Crippen LogP contribution is 2.14. The summed E-state index contributed by atoms with van der Waals surface area (Å²) in [6.07, 6.45) is 0.576. The molecule has 112 valence electrons. The van der Waals surface area contributed by atoms with E-state index in [1.54, 1.807) is 36.4 Å². The SMILES string of the molecule is CCC(=NNc1ccc(C(=O)c2ccccc2)cc1)C(C)=O. The number of ketones is 2. The molecule has 0 aliphatic rings.